The Kier molecular flexibility index (Phi) is 2.13. The minimum absolute atomic E-state index is 0.312. The molecule has 5 nitrogen and oxygen atoms in total. The lowest BCUT2D eigenvalue weighted by atomic mass is 9.78. The van der Waals surface area contributed by atoms with Crippen LogP contribution in [0.25, 0.3) is 0 Å². The molecule has 6 heteroatoms. The second kappa shape index (κ2) is 3.43. The lowest BCUT2D eigenvalue weighted by Gasteiger charge is -2.32. The number of pyridine rings is 1. The van der Waals surface area contributed by atoms with Gasteiger partial charge in [0, 0.05) is 17.5 Å². The zero-order valence-corrected chi connectivity index (χ0v) is 9.67. The monoisotopic (exact) mass is 251 g/mol. The topological polar surface area (TPSA) is 71.1 Å². The molecular formula is C11H10ClN3O2. The molecule has 3 amide bonds. The largest absolute Gasteiger partial charge is 0.322 e. The molecule has 1 fully saturated rings. The summed E-state index contributed by atoms with van der Waals surface area (Å²) in [4.78, 5) is 27.5. The second-order valence-electron chi connectivity index (χ2n) is 4.31. The van der Waals surface area contributed by atoms with Gasteiger partial charge in [0.25, 0.3) is 5.91 Å². The molecule has 3 rings (SSSR count). The Bertz CT molecular complexity index is 531. The fourth-order valence-corrected chi connectivity index (χ4v) is 2.71. The third kappa shape index (κ3) is 1.42. The van der Waals surface area contributed by atoms with Crippen molar-refractivity contribution < 1.29 is 9.59 Å². The number of fused-ring (bicyclic) bond motifs is 2. The van der Waals surface area contributed by atoms with E-state index in [9.17, 15) is 9.59 Å². The number of nitrogens with zero attached hydrogens (tertiary/aromatic N) is 1. The molecule has 0 radical (unpaired) electrons. The van der Waals surface area contributed by atoms with Crippen LogP contribution in [0, 0.1) is 0 Å². The van der Waals surface area contributed by atoms with Crippen LogP contribution in [-0.4, -0.2) is 16.9 Å². The Morgan fingerprint density at radius 3 is 2.94 bits per heavy atom. The number of carbonyl (C=O) groups is 2. The second-order valence-corrected chi connectivity index (χ2v) is 4.75. The van der Waals surface area contributed by atoms with Gasteiger partial charge in [-0.2, -0.15) is 0 Å². The molecule has 1 spiro atoms. The molecule has 88 valence electrons. The van der Waals surface area contributed by atoms with Crippen molar-refractivity contribution in [1.29, 1.82) is 0 Å². The fourth-order valence-electron chi connectivity index (χ4n) is 2.55. The molecule has 2 heterocycles. The number of aromatic nitrogens is 1. The Balaban J connectivity index is 2.19. The third-order valence-electron chi connectivity index (χ3n) is 3.30. The highest BCUT2D eigenvalue weighted by molar-refractivity contribution is 6.30. The highest BCUT2D eigenvalue weighted by atomic mass is 35.5. The van der Waals surface area contributed by atoms with Crippen LogP contribution in [0.4, 0.5) is 4.79 Å². The van der Waals surface area contributed by atoms with Crippen LogP contribution in [0.1, 0.15) is 24.1 Å². The minimum Gasteiger partial charge on any atom is -0.319 e. The number of rotatable bonds is 0. The summed E-state index contributed by atoms with van der Waals surface area (Å²) in [5.41, 5.74) is 0.584. The Labute approximate surface area is 103 Å². The van der Waals surface area contributed by atoms with Crippen LogP contribution in [0.15, 0.2) is 12.3 Å². The van der Waals surface area contributed by atoms with Crippen LogP contribution >= 0.6 is 11.6 Å². The first-order chi connectivity index (χ1) is 8.12. The predicted molar refractivity (Wildman–Crippen MR) is 60.5 cm³/mol. The minimum atomic E-state index is -0.970. The molecule has 1 aromatic heterocycles. The maximum Gasteiger partial charge on any atom is 0.322 e. The standard InChI is InChI=1S/C11H10ClN3O2/c12-6-4-7-8(13-5-6)2-1-3-11(7)9(16)14-10(17)15-11/h4-5H,1-3H2,(H2,14,15,16,17)/t11-/m1/s1. The summed E-state index contributed by atoms with van der Waals surface area (Å²) < 4.78 is 0. The lowest BCUT2D eigenvalue weighted by Crippen LogP contribution is -2.46. The van der Waals surface area contributed by atoms with E-state index in [1.165, 1.54) is 0 Å². The number of hydrogen-bond donors (Lipinski definition) is 2. The molecule has 0 saturated carbocycles. The third-order valence-corrected chi connectivity index (χ3v) is 3.51. The van der Waals surface area contributed by atoms with Gasteiger partial charge < -0.3 is 5.32 Å². The van der Waals surface area contributed by atoms with E-state index in [-0.39, 0.29) is 5.91 Å². The van der Waals surface area contributed by atoms with Crippen molar-refractivity contribution in [3.8, 4) is 0 Å². The van der Waals surface area contributed by atoms with Gasteiger partial charge in [0.05, 0.1) is 5.02 Å². The first kappa shape index (κ1) is 10.5. The summed E-state index contributed by atoms with van der Waals surface area (Å²) in [6.45, 7) is 0. The molecule has 2 aliphatic rings. The number of urea groups is 1. The Hall–Kier alpha value is -1.62. The number of nitrogens with one attached hydrogen (secondary N) is 2. The number of hydrogen-bond acceptors (Lipinski definition) is 3. The number of aryl methyl sites for hydroxylation is 1. The molecular weight excluding hydrogens is 242 g/mol. The summed E-state index contributed by atoms with van der Waals surface area (Å²) in [7, 11) is 0. The van der Waals surface area contributed by atoms with E-state index in [4.69, 9.17) is 11.6 Å². The van der Waals surface area contributed by atoms with Crippen molar-refractivity contribution >= 4 is 23.5 Å². The Morgan fingerprint density at radius 1 is 1.41 bits per heavy atom. The van der Waals surface area contributed by atoms with Gasteiger partial charge >= 0.3 is 6.03 Å². The van der Waals surface area contributed by atoms with Crippen molar-refractivity contribution in [2.24, 2.45) is 0 Å². The Morgan fingerprint density at radius 2 is 2.24 bits per heavy atom. The van der Waals surface area contributed by atoms with E-state index in [1.807, 2.05) is 0 Å². The first-order valence-corrected chi connectivity index (χ1v) is 5.78. The average molecular weight is 252 g/mol. The van der Waals surface area contributed by atoms with Gasteiger partial charge in [0.1, 0.15) is 5.54 Å². The van der Waals surface area contributed by atoms with E-state index < -0.39 is 11.6 Å². The van der Waals surface area contributed by atoms with Gasteiger partial charge in [0.15, 0.2) is 0 Å². The quantitative estimate of drug-likeness (QED) is 0.679. The molecule has 2 N–H and O–H groups in total. The van der Waals surface area contributed by atoms with E-state index in [0.717, 1.165) is 24.1 Å². The number of carbonyl (C=O) groups excluding carboxylic acids is 2. The summed E-state index contributed by atoms with van der Waals surface area (Å²) in [5.74, 6) is -0.312. The average Bonchev–Trinajstić information content (AvgIpc) is 2.56. The summed E-state index contributed by atoms with van der Waals surface area (Å²) in [6, 6.07) is 1.26. The molecule has 0 bridgehead atoms. The maximum absolute atomic E-state index is 12.0. The van der Waals surface area contributed by atoms with E-state index in [2.05, 4.69) is 15.6 Å². The van der Waals surface area contributed by atoms with E-state index >= 15 is 0 Å². The van der Waals surface area contributed by atoms with Gasteiger partial charge in [0.2, 0.25) is 0 Å². The van der Waals surface area contributed by atoms with Crippen molar-refractivity contribution in [3.05, 3.63) is 28.5 Å². The first-order valence-electron chi connectivity index (χ1n) is 5.40. The summed E-state index contributed by atoms with van der Waals surface area (Å²) in [6.07, 6.45) is 3.76. The SMILES string of the molecule is O=C1NC(=O)[C@]2(CCCc3ncc(Cl)cc32)N1. The number of amides is 3. The molecule has 1 aliphatic carbocycles. The van der Waals surface area contributed by atoms with Gasteiger partial charge in [-0.1, -0.05) is 11.6 Å². The molecule has 1 atom stereocenters. The molecule has 0 aromatic carbocycles. The summed E-state index contributed by atoms with van der Waals surface area (Å²) >= 11 is 5.92. The molecule has 1 saturated heterocycles. The maximum atomic E-state index is 12.0. The van der Waals surface area contributed by atoms with Crippen LogP contribution < -0.4 is 10.6 Å². The van der Waals surface area contributed by atoms with Gasteiger partial charge in [-0.25, -0.2) is 4.79 Å². The predicted octanol–water partition coefficient (Wildman–Crippen LogP) is 1.11. The lowest BCUT2D eigenvalue weighted by molar-refractivity contribution is -0.124. The van der Waals surface area contributed by atoms with E-state index in [0.29, 0.717) is 11.4 Å². The van der Waals surface area contributed by atoms with Crippen molar-refractivity contribution in [3.63, 3.8) is 0 Å². The highest BCUT2D eigenvalue weighted by Gasteiger charge is 2.50. The number of imide groups is 1. The van der Waals surface area contributed by atoms with Crippen molar-refractivity contribution in [2.75, 3.05) is 0 Å². The summed E-state index contributed by atoms with van der Waals surface area (Å²) in [5, 5.41) is 5.45. The molecule has 17 heavy (non-hydrogen) atoms. The smallest absolute Gasteiger partial charge is 0.319 e. The normalized spacial score (nSPS) is 26.6. The molecule has 0 unspecified atom stereocenters. The zero-order chi connectivity index (χ0) is 12.0. The van der Waals surface area contributed by atoms with Crippen molar-refractivity contribution in [2.45, 2.75) is 24.8 Å². The van der Waals surface area contributed by atoms with Crippen LogP contribution in [0.3, 0.4) is 0 Å². The fraction of sp³-hybridized carbons (Fsp3) is 0.364. The number of halogens is 1. The van der Waals surface area contributed by atoms with Crippen molar-refractivity contribution in [1.82, 2.24) is 15.6 Å². The van der Waals surface area contributed by atoms with E-state index in [1.54, 1.807) is 12.3 Å². The van der Waals surface area contributed by atoms with Crippen LogP contribution in [0.5, 0.6) is 0 Å². The van der Waals surface area contributed by atoms with Gasteiger partial charge in [-0.3, -0.25) is 15.1 Å². The van der Waals surface area contributed by atoms with Crippen LogP contribution in [0.2, 0.25) is 5.02 Å². The molecule has 1 aliphatic heterocycles. The molecule has 1 aromatic rings. The zero-order valence-electron chi connectivity index (χ0n) is 8.92. The highest BCUT2D eigenvalue weighted by Crippen LogP contribution is 2.37. The van der Waals surface area contributed by atoms with Crippen LogP contribution in [-0.2, 0) is 16.8 Å². The van der Waals surface area contributed by atoms with Gasteiger partial charge in [-0.05, 0) is 25.3 Å². The van der Waals surface area contributed by atoms with Gasteiger partial charge in [-0.15, -0.1) is 0 Å².